The number of carbonyl (C=O) groups is 2. The van der Waals surface area contributed by atoms with Crippen molar-refractivity contribution < 1.29 is 23.8 Å². The van der Waals surface area contributed by atoms with E-state index >= 15 is 0 Å². The predicted molar refractivity (Wildman–Crippen MR) is 170 cm³/mol. The van der Waals surface area contributed by atoms with Crippen LogP contribution in [0.25, 0.3) is 0 Å². The van der Waals surface area contributed by atoms with Crippen LogP contribution in [0.5, 0.6) is 11.6 Å². The first-order valence-electron chi connectivity index (χ1n) is 15.0. The fourth-order valence-corrected chi connectivity index (χ4v) is 6.60. The van der Waals surface area contributed by atoms with Gasteiger partial charge in [0.1, 0.15) is 17.9 Å². The van der Waals surface area contributed by atoms with Crippen molar-refractivity contribution in [2.24, 2.45) is 5.92 Å². The van der Waals surface area contributed by atoms with Crippen molar-refractivity contribution >= 4 is 34.1 Å². The zero-order valence-electron chi connectivity index (χ0n) is 24.9. The number of aliphatic hydroxyl groups is 1. The van der Waals surface area contributed by atoms with Crippen LogP contribution in [0.1, 0.15) is 30.7 Å². The van der Waals surface area contributed by atoms with Gasteiger partial charge in [-0.15, -0.1) is 11.3 Å². The molecule has 0 bridgehead atoms. The fourth-order valence-electron chi connectivity index (χ4n) is 6.08. The van der Waals surface area contributed by atoms with E-state index in [4.69, 9.17) is 10.5 Å². The van der Waals surface area contributed by atoms with Crippen LogP contribution < -0.4 is 21.3 Å². The molecule has 6 rings (SSSR count). The molecule has 12 nitrogen and oxygen atoms in total. The zero-order valence-corrected chi connectivity index (χ0v) is 25.7. The molecule has 4 N–H and O–H groups in total. The van der Waals surface area contributed by atoms with Gasteiger partial charge in [-0.3, -0.25) is 19.5 Å². The molecule has 4 aromatic rings. The molecule has 2 aliphatic rings. The Kier molecular flexibility index (Phi) is 8.99. The van der Waals surface area contributed by atoms with Gasteiger partial charge in [-0.2, -0.15) is 0 Å². The Morgan fingerprint density at radius 2 is 1.80 bits per heavy atom. The van der Waals surface area contributed by atoms with Crippen LogP contribution in [-0.2, 0) is 11.3 Å². The lowest BCUT2D eigenvalue weighted by Gasteiger charge is -2.43. The van der Waals surface area contributed by atoms with Gasteiger partial charge in [-0.05, 0) is 49.1 Å². The number of nitrogens with zero attached hydrogens (tertiary/aromatic N) is 5. The maximum atomic E-state index is 13.9. The molecule has 0 saturated carbocycles. The van der Waals surface area contributed by atoms with E-state index in [9.17, 15) is 23.9 Å². The number of thiazole rings is 1. The predicted octanol–water partition coefficient (Wildman–Crippen LogP) is 3.90. The van der Waals surface area contributed by atoms with Gasteiger partial charge in [-0.1, -0.05) is 30.3 Å². The SMILES string of the molecule is Nc1c(Oc2ccc(F)cc2)ncn(CC2(O)CCN(C(=O)[C@@H]3CCN(C(=O)Nc4nccs4)C[C@H]3c3ccccc3)CC2)c1=O. The average molecular weight is 648 g/mol. The first kappa shape index (κ1) is 31.2. The summed E-state index contributed by atoms with van der Waals surface area (Å²) in [5.41, 5.74) is 4.93. The molecule has 2 saturated heterocycles. The quantitative estimate of drug-likeness (QED) is 0.273. The number of aromatic nitrogens is 3. The monoisotopic (exact) mass is 647 g/mol. The van der Waals surface area contributed by atoms with Crippen molar-refractivity contribution in [3.63, 3.8) is 0 Å². The number of carbonyl (C=O) groups excluding carboxylic acids is 2. The molecule has 0 unspecified atom stereocenters. The van der Waals surface area contributed by atoms with E-state index in [0.29, 0.717) is 37.7 Å². The van der Waals surface area contributed by atoms with Crippen molar-refractivity contribution in [3.8, 4) is 11.6 Å². The highest BCUT2D eigenvalue weighted by Gasteiger charge is 2.41. The van der Waals surface area contributed by atoms with E-state index in [1.807, 2.05) is 30.3 Å². The normalized spacial score (nSPS) is 19.4. The van der Waals surface area contributed by atoms with Crippen LogP contribution in [0.3, 0.4) is 0 Å². The highest BCUT2D eigenvalue weighted by atomic mass is 32.1. The second-order valence-electron chi connectivity index (χ2n) is 11.6. The lowest BCUT2D eigenvalue weighted by atomic mass is 9.79. The number of amides is 3. The van der Waals surface area contributed by atoms with E-state index in [1.54, 1.807) is 21.4 Å². The van der Waals surface area contributed by atoms with Crippen molar-refractivity contribution in [3.05, 3.63) is 94.2 Å². The summed E-state index contributed by atoms with van der Waals surface area (Å²) in [6.45, 7) is 1.37. The van der Waals surface area contributed by atoms with Crippen LogP contribution >= 0.6 is 11.3 Å². The summed E-state index contributed by atoms with van der Waals surface area (Å²) in [4.78, 5) is 51.7. The highest BCUT2D eigenvalue weighted by molar-refractivity contribution is 7.13. The third-order valence-corrected chi connectivity index (χ3v) is 9.31. The molecular formula is C32H34FN7O5S. The number of likely N-dealkylation sites (tertiary alicyclic amines) is 2. The summed E-state index contributed by atoms with van der Waals surface area (Å²) in [5.74, 6) is -0.821. The molecule has 2 atom stereocenters. The van der Waals surface area contributed by atoms with Crippen molar-refractivity contribution in [1.29, 1.82) is 0 Å². The van der Waals surface area contributed by atoms with Gasteiger partial charge in [0.05, 0.1) is 12.1 Å². The number of halogens is 1. The molecule has 2 aromatic heterocycles. The van der Waals surface area contributed by atoms with Crippen molar-refractivity contribution in [2.75, 3.05) is 37.2 Å². The third-order valence-electron chi connectivity index (χ3n) is 8.63. The number of nitrogens with one attached hydrogen (secondary N) is 1. The number of urea groups is 1. The first-order valence-corrected chi connectivity index (χ1v) is 15.9. The number of rotatable bonds is 7. The van der Waals surface area contributed by atoms with E-state index in [-0.39, 0.29) is 60.5 Å². The molecule has 3 amide bonds. The Hall–Kier alpha value is -4.82. The zero-order chi connectivity index (χ0) is 32.3. The summed E-state index contributed by atoms with van der Waals surface area (Å²) in [5, 5.41) is 16.6. The summed E-state index contributed by atoms with van der Waals surface area (Å²) >= 11 is 1.34. The van der Waals surface area contributed by atoms with Gasteiger partial charge in [0.15, 0.2) is 10.8 Å². The Bertz CT molecular complexity index is 1730. The number of ether oxygens (including phenoxy) is 1. The molecule has 240 valence electrons. The van der Waals surface area contributed by atoms with Gasteiger partial charge in [0.25, 0.3) is 5.56 Å². The molecule has 0 spiro atoms. The van der Waals surface area contributed by atoms with Crippen molar-refractivity contribution in [1.82, 2.24) is 24.3 Å². The van der Waals surface area contributed by atoms with Crippen LogP contribution in [-0.4, -0.2) is 73.2 Å². The number of piperidine rings is 2. The Morgan fingerprint density at radius 3 is 2.50 bits per heavy atom. The number of anilines is 2. The van der Waals surface area contributed by atoms with E-state index in [1.165, 1.54) is 46.5 Å². The van der Waals surface area contributed by atoms with Crippen LogP contribution in [0.2, 0.25) is 0 Å². The second kappa shape index (κ2) is 13.3. The van der Waals surface area contributed by atoms with Crippen LogP contribution in [0, 0.1) is 11.7 Å². The molecule has 2 aromatic carbocycles. The molecule has 2 aliphatic heterocycles. The summed E-state index contributed by atoms with van der Waals surface area (Å²) in [6, 6.07) is 14.7. The highest BCUT2D eigenvalue weighted by Crippen LogP contribution is 2.36. The number of benzene rings is 2. The molecule has 0 aliphatic carbocycles. The standard InChI is InChI=1S/C32H34FN7O5S/c33-22-6-8-23(9-7-22)45-27-26(34)29(42)40(20-36-27)19-32(44)11-15-38(16-12-32)28(41)24-10-14-39(31(43)37-30-35-13-17-46-30)18-25(24)21-4-2-1-3-5-21/h1-9,13,17,20,24-25,44H,10-12,14-16,18-19,34H2,(H,35,37,43)/t24-,25+/m1/s1. The minimum Gasteiger partial charge on any atom is -0.437 e. The smallest absolute Gasteiger partial charge is 0.323 e. The molecule has 14 heteroatoms. The fraction of sp³-hybridized carbons (Fsp3) is 0.344. The van der Waals surface area contributed by atoms with E-state index in [2.05, 4.69) is 15.3 Å². The van der Waals surface area contributed by atoms with Gasteiger partial charge in [-0.25, -0.2) is 19.2 Å². The number of hydrogen-bond donors (Lipinski definition) is 3. The minimum absolute atomic E-state index is 0.0127. The Morgan fingerprint density at radius 1 is 1.07 bits per heavy atom. The van der Waals surface area contributed by atoms with Gasteiger partial charge < -0.3 is 25.4 Å². The summed E-state index contributed by atoms with van der Waals surface area (Å²) < 4.78 is 20.0. The Labute approximate surface area is 268 Å². The second-order valence-corrected chi connectivity index (χ2v) is 12.5. The summed E-state index contributed by atoms with van der Waals surface area (Å²) in [7, 11) is 0. The lowest BCUT2D eigenvalue weighted by molar-refractivity contribution is -0.142. The lowest BCUT2D eigenvalue weighted by Crippen LogP contribution is -2.53. The maximum Gasteiger partial charge on any atom is 0.323 e. The van der Waals surface area contributed by atoms with Gasteiger partial charge >= 0.3 is 6.03 Å². The molecule has 4 heterocycles. The number of hydrogen-bond acceptors (Lipinski definition) is 9. The number of nitrogens with two attached hydrogens (primary N) is 1. The molecule has 0 radical (unpaired) electrons. The molecule has 2 fully saturated rings. The van der Waals surface area contributed by atoms with E-state index in [0.717, 1.165) is 5.56 Å². The van der Waals surface area contributed by atoms with Gasteiger partial charge in [0.2, 0.25) is 11.8 Å². The Balaban J connectivity index is 1.10. The molecular weight excluding hydrogens is 613 g/mol. The van der Waals surface area contributed by atoms with Crippen LogP contribution in [0.4, 0.5) is 20.0 Å². The third kappa shape index (κ3) is 6.87. The largest absolute Gasteiger partial charge is 0.437 e. The first-order chi connectivity index (χ1) is 22.2. The summed E-state index contributed by atoms with van der Waals surface area (Å²) in [6.07, 6.45) is 3.89. The molecule has 46 heavy (non-hydrogen) atoms. The van der Waals surface area contributed by atoms with Crippen molar-refractivity contribution in [2.45, 2.75) is 37.3 Å². The minimum atomic E-state index is -1.26. The van der Waals surface area contributed by atoms with Crippen LogP contribution in [0.15, 0.2) is 77.3 Å². The van der Waals surface area contributed by atoms with Gasteiger partial charge in [0, 0.05) is 49.6 Å². The average Bonchev–Trinajstić information content (AvgIpc) is 3.59. The maximum absolute atomic E-state index is 13.9. The number of nitrogen functional groups attached to an aromatic ring is 1. The van der Waals surface area contributed by atoms with E-state index < -0.39 is 17.0 Å². The topological polar surface area (TPSA) is 156 Å².